The van der Waals surface area contributed by atoms with Gasteiger partial charge in [0.2, 0.25) is 0 Å². The van der Waals surface area contributed by atoms with Crippen LogP contribution < -0.4 is 11.3 Å². The van der Waals surface area contributed by atoms with Crippen LogP contribution in [0.15, 0.2) is 24.3 Å². The molecule has 0 aliphatic carbocycles. The topological polar surface area (TPSA) is 41.3 Å². The van der Waals surface area contributed by atoms with Crippen molar-refractivity contribution in [2.75, 3.05) is 13.1 Å². The van der Waals surface area contributed by atoms with Gasteiger partial charge in [0.1, 0.15) is 0 Å². The molecular weight excluding hydrogens is 246 g/mol. The molecule has 1 rings (SSSR count). The molecule has 0 amide bonds. The van der Waals surface area contributed by atoms with Gasteiger partial charge in [0, 0.05) is 5.54 Å². The van der Waals surface area contributed by atoms with Gasteiger partial charge in [-0.2, -0.15) is 0 Å². The fourth-order valence-corrected chi connectivity index (χ4v) is 3.14. The predicted molar refractivity (Wildman–Crippen MR) is 87.5 cm³/mol. The van der Waals surface area contributed by atoms with Crippen LogP contribution in [0, 0.1) is 0 Å². The van der Waals surface area contributed by atoms with Gasteiger partial charge in [0.05, 0.1) is 6.04 Å². The second-order valence-electron chi connectivity index (χ2n) is 5.58. The van der Waals surface area contributed by atoms with Crippen LogP contribution in [0.3, 0.4) is 0 Å². The number of nitrogens with two attached hydrogens (primary N) is 1. The van der Waals surface area contributed by atoms with Crippen molar-refractivity contribution in [1.29, 1.82) is 0 Å². The molecule has 2 unspecified atom stereocenters. The minimum Gasteiger partial charge on any atom is -0.297 e. The lowest BCUT2D eigenvalue weighted by Gasteiger charge is -2.45. The van der Waals surface area contributed by atoms with Crippen molar-refractivity contribution < 1.29 is 0 Å². The van der Waals surface area contributed by atoms with Gasteiger partial charge in [0.25, 0.3) is 0 Å². The van der Waals surface area contributed by atoms with Crippen LogP contribution >= 0.6 is 0 Å². The fraction of sp³-hybridized carbons (Fsp3) is 0.647. The Morgan fingerprint density at radius 2 is 1.65 bits per heavy atom. The van der Waals surface area contributed by atoms with Crippen molar-refractivity contribution >= 4 is 0 Å². The molecule has 0 aliphatic rings. The lowest BCUT2D eigenvalue weighted by Crippen LogP contribution is -2.55. The maximum atomic E-state index is 5.91. The zero-order valence-electron chi connectivity index (χ0n) is 13.7. The standard InChI is InChI=1S/C17H31N3/c1-6-14-10-12-15(13-11-14)16(19-18)17(5,7-2)20(8-3)9-4/h10-13,16,19H,6-9,18H2,1-5H3. The summed E-state index contributed by atoms with van der Waals surface area (Å²) >= 11 is 0. The number of hydrazine groups is 1. The number of nitrogens with zero attached hydrogens (tertiary/aromatic N) is 1. The number of rotatable bonds is 8. The Labute approximate surface area is 124 Å². The molecule has 0 saturated heterocycles. The van der Waals surface area contributed by atoms with Crippen molar-refractivity contribution in [2.24, 2.45) is 5.84 Å². The third kappa shape index (κ3) is 3.40. The molecule has 2 atom stereocenters. The molecule has 0 saturated carbocycles. The molecular formula is C17H31N3. The molecule has 0 aliphatic heterocycles. The van der Waals surface area contributed by atoms with Crippen LogP contribution in [0.25, 0.3) is 0 Å². The van der Waals surface area contributed by atoms with Gasteiger partial charge in [0.15, 0.2) is 0 Å². The minimum atomic E-state index is 0.0198. The second-order valence-corrected chi connectivity index (χ2v) is 5.58. The number of hydrogen-bond acceptors (Lipinski definition) is 3. The highest BCUT2D eigenvalue weighted by Gasteiger charge is 2.37. The van der Waals surface area contributed by atoms with E-state index in [0.29, 0.717) is 0 Å². The third-order valence-corrected chi connectivity index (χ3v) is 4.71. The Balaban J connectivity index is 3.12. The quantitative estimate of drug-likeness (QED) is 0.566. The molecule has 3 N–H and O–H groups in total. The van der Waals surface area contributed by atoms with Gasteiger partial charge >= 0.3 is 0 Å². The van der Waals surface area contributed by atoms with E-state index < -0.39 is 0 Å². The lowest BCUT2D eigenvalue weighted by atomic mass is 9.83. The van der Waals surface area contributed by atoms with E-state index >= 15 is 0 Å². The molecule has 114 valence electrons. The highest BCUT2D eigenvalue weighted by Crippen LogP contribution is 2.33. The van der Waals surface area contributed by atoms with Crippen LogP contribution in [0.2, 0.25) is 0 Å². The van der Waals surface area contributed by atoms with E-state index in [2.05, 4.69) is 69.2 Å². The molecule has 0 bridgehead atoms. The Morgan fingerprint density at radius 3 is 2.00 bits per heavy atom. The number of nitrogens with one attached hydrogen (secondary N) is 1. The highest BCUT2D eigenvalue weighted by molar-refractivity contribution is 5.27. The van der Waals surface area contributed by atoms with Crippen LogP contribution in [0.4, 0.5) is 0 Å². The molecule has 1 aromatic rings. The average Bonchev–Trinajstić information content (AvgIpc) is 2.49. The number of aryl methyl sites for hydroxylation is 1. The molecule has 0 aromatic heterocycles. The van der Waals surface area contributed by atoms with Crippen molar-refractivity contribution in [3.05, 3.63) is 35.4 Å². The summed E-state index contributed by atoms with van der Waals surface area (Å²) in [7, 11) is 0. The first kappa shape index (κ1) is 17.2. The van der Waals surface area contributed by atoms with Crippen LogP contribution in [-0.4, -0.2) is 23.5 Å². The largest absolute Gasteiger partial charge is 0.297 e. The Bertz CT molecular complexity index is 384. The van der Waals surface area contributed by atoms with Crippen molar-refractivity contribution in [3.63, 3.8) is 0 Å². The zero-order valence-corrected chi connectivity index (χ0v) is 13.7. The first-order valence-electron chi connectivity index (χ1n) is 7.87. The van der Waals surface area contributed by atoms with Gasteiger partial charge < -0.3 is 0 Å². The highest BCUT2D eigenvalue weighted by atomic mass is 15.3. The Kier molecular flexibility index (Phi) is 6.66. The summed E-state index contributed by atoms with van der Waals surface area (Å²) in [6.07, 6.45) is 2.13. The van der Waals surface area contributed by atoms with E-state index in [-0.39, 0.29) is 11.6 Å². The van der Waals surface area contributed by atoms with Gasteiger partial charge in [-0.25, -0.2) is 0 Å². The summed E-state index contributed by atoms with van der Waals surface area (Å²) in [6.45, 7) is 13.2. The first-order chi connectivity index (χ1) is 9.57. The van der Waals surface area contributed by atoms with Gasteiger partial charge in [-0.3, -0.25) is 16.2 Å². The summed E-state index contributed by atoms with van der Waals surface area (Å²) < 4.78 is 0. The maximum Gasteiger partial charge on any atom is 0.0641 e. The van der Waals surface area contributed by atoms with E-state index in [1.165, 1.54) is 11.1 Å². The molecule has 20 heavy (non-hydrogen) atoms. The third-order valence-electron chi connectivity index (χ3n) is 4.71. The summed E-state index contributed by atoms with van der Waals surface area (Å²) in [6, 6.07) is 8.97. The van der Waals surface area contributed by atoms with Crippen molar-refractivity contribution in [3.8, 4) is 0 Å². The van der Waals surface area contributed by atoms with Crippen molar-refractivity contribution in [1.82, 2.24) is 10.3 Å². The molecule has 0 spiro atoms. The maximum absolute atomic E-state index is 5.91. The molecule has 3 heteroatoms. The average molecular weight is 277 g/mol. The number of likely N-dealkylation sites (N-methyl/N-ethyl adjacent to an activating group) is 1. The van der Waals surface area contributed by atoms with E-state index in [1.54, 1.807) is 0 Å². The summed E-state index contributed by atoms with van der Waals surface area (Å²) in [5, 5.41) is 0. The molecule has 1 aromatic carbocycles. The van der Waals surface area contributed by atoms with Crippen LogP contribution in [0.1, 0.15) is 58.2 Å². The van der Waals surface area contributed by atoms with Gasteiger partial charge in [-0.1, -0.05) is 52.0 Å². The SMILES string of the molecule is CCc1ccc(C(NN)C(C)(CC)N(CC)CC)cc1. The number of benzene rings is 1. The first-order valence-corrected chi connectivity index (χ1v) is 7.87. The minimum absolute atomic E-state index is 0.0198. The molecule has 0 heterocycles. The van der Waals surface area contributed by atoms with E-state index in [9.17, 15) is 0 Å². The fourth-order valence-electron chi connectivity index (χ4n) is 3.14. The molecule has 3 nitrogen and oxygen atoms in total. The Morgan fingerprint density at radius 1 is 1.10 bits per heavy atom. The summed E-state index contributed by atoms with van der Waals surface area (Å²) in [5.41, 5.74) is 5.71. The van der Waals surface area contributed by atoms with Gasteiger partial charge in [-0.15, -0.1) is 0 Å². The van der Waals surface area contributed by atoms with E-state index in [0.717, 1.165) is 25.9 Å². The second kappa shape index (κ2) is 7.77. The van der Waals surface area contributed by atoms with Crippen LogP contribution in [-0.2, 0) is 6.42 Å². The summed E-state index contributed by atoms with van der Waals surface area (Å²) in [5.74, 6) is 5.91. The van der Waals surface area contributed by atoms with Gasteiger partial charge in [-0.05, 0) is 44.0 Å². The zero-order chi connectivity index (χ0) is 15.2. The number of hydrogen-bond donors (Lipinski definition) is 2. The summed E-state index contributed by atoms with van der Waals surface area (Å²) in [4.78, 5) is 2.49. The predicted octanol–water partition coefficient (Wildman–Crippen LogP) is 3.26. The molecule has 0 radical (unpaired) electrons. The van der Waals surface area contributed by atoms with E-state index in [1.807, 2.05) is 0 Å². The van der Waals surface area contributed by atoms with E-state index in [4.69, 9.17) is 5.84 Å². The monoisotopic (exact) mass is 277 g/mol. The normalized spacial score (nSPS) is 16.1. The van der Waals surface area contributed by atoms with Crippen molar-refractivity contribution in [2.45, 2.75) is 59.0 Å². The Hall–Kier alpha value is -0.900. The lowest BCUT2D eigenvalue weighted by molar-refractivity contribution is 0.0698. The molecule has 0 fully saturated rings. The smallest absolute Gasteiger partial charge is 0.0641 e. The van der Waals surface area contributed by atoms with Crippen LogP contribution in [0.5, 0.6) is 0 Å².